The third-order valence-corrected chi connectivity index (χ3v) is 5.63. The molecular formula is C17H23N3S. The lowest BCUT2D eigenvalue weighted by molar-refractivity contribution is 0.886. The minimum Gasteiger partial charge on any atom is -0.380 e. The van der Waals surface area contributed by atoms with Crippen LogP contribution in [-0.2, 0) is 6.54 Å². The number of aryl methyl sites for hydroxylation is 2. The molecule has 1 aliphatic carbocycles. The average molecular weight is 301 g/mol. The molecule has 1 aromatic heterocycles. The fourth-order valence-corrected chi connectivity index (χ4v) is 4.27. The van der Waals surface area contributed by atoms with E-state index in [1.54, 1.807) is 0 Å². The Kier molecular flexibility index (Phi) is 4.54. The first-order valence-electron chi connectivity index (χ1n) is 7.74. The lowest BCUT2D eigenvalue weighted by Crippen LogP contribution is -2.03. The Labute approximate surface area is 130 Å². The summed E-state index contributed by atoms with van der Waals surface area (Å²) in [5, 5.41) is 11.7. The van der Waals surface area contributed by atoms with E-state index in [-0.39, 0.29) is 0 Å². The summed E-state index contributed by atoms with van der Waals surface area (Å²) < 4.78 is 0. The van der Waals surface area contributed by atoms with Crippen LogP contribution in [0.1, 0.15) is 42.6 Å². The van der Waals surface area contributed by atoms with Gasteiger partial charge in [0, 0.05) is 33.6 Å². The van der Waals surface area contributed by atoms with E-state index in [0.717, 1.165) is 23.2 Å². The summed E-state index contributed by atoms with van der Waals surface area (Å²) in [5.41, 5.74) is 4.76. The topological polar surface area (TPSA) is 40.7 Å². The molecular weight excluding hydrogens is 278 g/mol. The van der Waals surface area contributed by atoms with Crippen LogP contribution in [0, 0.1) is 13.8 Å². The molecule has 1 aromatic carbocycles. The molecule has 2 N–H and O–H groups in total. The molecule has 0 atom stereocenters. The molecule has 112 valence electrons. The van der Waals surface area contributed by atoms with Gasteiger partial charge in [0.1, 0.15) is 0 Å². The lowest BCUT2D eigenvalue weighted by Gasteiger charge is -2.15. The molecule has 3 rings (SSSR count). The van der Waals surface area contributed by atoms with Gasteiger partial charge in [-0.1, -0.05) is 25.0 Å². The SMILES string of the molecule is Cc1n[nH]c(C)c1CNc1ccccc1SC1CCCC1. The smallest absolute Gasteiger partial charge is 0.0643 e. The normalized spacial score (nSPS) is 15.5. The fourth-order valence-electron chi connectivity index (χ4n) is 2.92. The van der Waals surface area contributed by atoms with Crippen molar-refractivity contribution in [2.24, 2.45) is 0 Å². The van der Waals surface area contributed by atoms with Gasteiger partial charge < -0.3 is 5.32 Å². The van der Waals surface area contributed by atoms with Gasteiger partial charge in [0.2, 0.25) is 0 Å². The highest BCUT2D eigenvalue weighted by atomic mass is 32.2. The maximum Gasteiger partial charge on any atom is 0.0643 e. The standard InChI is InChI=1S/C17H23N3S/c1-12-15(13(2)20-19-12)11-18-16-9-5-6-10-17(16)21-14-7-3-4-8-14/h5-6,9-10,14,18H,3-4,7-8,11H2,1-2H3,(H,19,20). The molecule has 2 aromatic rings. The lowest BCUT2D eigenvalue weighted by atomic mass is 10.2. The molecule has 0 bridgehead atoms. The van der Waals surface area contributed by atoms with Crippen molar-refractivity contribution in [1.29, 1.82) is 0 Å². The zero-order valence-corrected chi connectivity index (χ0v) is 13.6. The van der Waals surface area contributed by atoms with Crippen LogP contribution in [0.25, 0.3) is 0 Å². The molecule has 1 saturated carbocycles. The monoisotopic (exact) mass is 301 g/mol. The van der Waals surface area contributed by atoms with Crippen molar-refractivity contribution >= 4 is 17.4 Å². The molecule has 4 heteroatoms. The molecule has 21 heavy (non-hydrogen) atoms. The van der Waals surface area contributed by atoms with Gasteiger partial charge in [0.15, 0.2) is 0 Å². The van der Waals surface area contributed by atoms with Crippen LogP contribution in [-0.4, -0.2) is 15.4 Å². The molecule has 3 nitrogen and oxygen atoms in total. The predicted molar refractivity (Wildman–Crippen MR) is 89.9 cm³/mol. The number of para-hydroxylation sites is 1. The Hall–Kier alpha value is -1.42. The molecule has 1 heterocycles. The summed E-state index contributed by atoms with van der Waals surface area (Å²) in [4.78, 5) is 1.38. The molecule has 0 amide bonds. The zero-order chi connectivity index (χ0) is 14.7. The van der Waals surface area contributed by atoms with Gasteiger partial charge in [-0.2, -0.15) is 5.10 Å². The van der Waals surface area contributed by atoms with Crippen molar-refractivity contribution in [1.82, 2.24) is 10.2 Å². The van der Waals surface area contributed by atoms with Crippen LogP contribution in [0.4, 0.5) is 5.69 Å². The van der Waals surface area contributed by atoms with E-state index in [1.165, 1.54) is 41.8 Å². The highest BCUT2D eigenvalue weighted by Gasteiger charge is 2.17. The van der Waals surface area contributed by atoms with Crippen molar-refractivity contribution in [2.45, 2.75) is 56.2 Å². The van der Waals surface area contributed by atoms with Gasteiger partial charge in [0.25, 0.3) is 0 Å². The third-order valence-electron chi connectivity index (χ3n) is 4.22. The van der Waals surface area contributed by atoms with Gasteiger partial charge in [-0.3, -0.25) is 5.10 Å². The first kappa shape index (κ1) is 14.5. The van der Waals surface area contributed by atoms with Gasteiger partial charge in [-0.15, -0.1) is 11.8 Å². The number of aromatic amines is 1. The van der Waals surface area contributed by atoms with Crippen LogP contribution in [0.5, 0.6) is 0 Å². The van der Waals surface area contributed by atoms with E-state index in [1.807, 2.05) is 11.8 Å². The summed E-state index contributed by atoms with van der Waals surface area (Å²) in [6.07, 6.45) is 5.50. The second kappa shape index (κ2) is 6.56. The van der Waals surface area contributed by atoms with Gasteiger partial charge in [0.05, 0.1) is 5.69 Å². The maximum atomic E-state index is 4.26. The highest BCUT2D eigenvalue weighted by Crippen LogP contribution is 2.38. The largest absolute Gasteiger partial charge is 0.380 e. The van der Waals surface area contributed by atoms with Crippen LogP contribution in [0.2, 0.25) is 0 Å². The van der Waals surface area contributed by atoms with E-state index < -0.39 is 0 Å². The third kappa shape index (κ3) is 3.43. The quantitative estimate of drug-likeness (QED) is 0.843. The van der Waals surface area contributed by atoms with E-state index in [4.69, 9.17) is 0 Å². The number of nitrogens with one attached hydrogen (secondary N) is 2. The first-order valence-corrected chi connectivity index (χ1v) is 8.62. The van der Waals surface area contributed by atoms with Crippen molar-refractivity contribution in [3.63, 3.8) is 0 Å². The number of rotatable bonds is 5. The Bertz CT molecular complexity index is 580. The molecule has 1 aliphatic rings. The van der Waals surface area contributed by atoms with Crippen molar-refractivity contribution in [3.05, 3.63) is 41.2 Å². The van der Waals surface area contributed by atoms with Crippen LogP contribution < -0.4 is 5.32 Å². The van der Waals surface area contributed by atoms with Crippen molar-refractivity contribution in [2.75, 3.05) is 5.32 Å². The Morgan fingerprint density at radius 2 is 2.00 bits per heavy atom. The Balaban J connectivity index is 1.70. The number of nitrogens with zero attached hydrogens (tertiary/aromatic N) is 1. The van der Waals surface area contributed by atoms with Crippen LogP contribution in [0.15, 0.2) is 29.2 Å². The summed E-state index contributed by atoms with van der Waals surface area (Å²) in [6.45, 7) is 4.96. The van der Waals surface area contributed by atoms with Gasteiger partial charge >= 0.3 is 0 Å². The molecule has 0 spiro atoms. The Morgan fingerprint density at radius 1 is 1.24 bits per heavy atom. The summed E-state index contributed by atoms with van der Waals surface area (Å²) >= 11 is 2.04. The molecule has 1 fully saturated rings. The van der Waals surface area contributed by atoms with Gasteiger partial charge in [-0.25, -0.2) is 0 Å². The number of benzene rings is 1. The van der Waals surface area contributed by atoms with Gasteiger partial charge in [-0.05, 0) is 38.8 Å². The zero-order valence-electron chi connectivity index (χ0n) is 12.8. The first-order chi connectivity index (χ1) is 10.2. The summed E-state index contributed by atoms with van der Waals surface area (Å²) in [7, 11) is 0. The van der Waals surface area contributed by atoms with E-state index in [2.05, 4.69) is 53.6 Å². The minimum atomic E-state index is 0.797. The minimum absolute atomic E-state index is 0.797. The number of thioether (sulfide) groups is 1. The van der Waals surface area contributed by atoms with Crippen molar-refractivity contribution < 1.29 is 0 Å². The maximum absolute atomic E-state index is 4.26. The van der Waals surface area contributed by atoms with Crippen LogP contribution >= 0.6 is 11.8 Å². The highest BCUT2D eigenvalue weighted by molar-refractivity contribution is 8.00. The average Bonchev–Trinajstić information content (AvgIpc) is 3.10. The molecule has 0 saturated heterocycles. The number of anilines is 1. The summed E-state index contributed by atoms with van der Waals surface area (Å²) in [6, 6.07) is 8.66. The predicted octanol–water partition coefficient (Wildman–Crippen LogP) is 4.67. The number of H-pyrrole nitrogens is 1. The second-order valence-electron chi connectivity index (χ2n) is 5.79. The molecule has 0 radical (unpaired) electrons. The summed E-state index contributed by atoms with van der Waals surface area (Å²) in [5.74, 6) is 0. The van der Waals surface area contributed by atoms with E-state index in [9.17, 15) is 0 Å². The fraction of sp³-hybridized carbons (Fsp3) is 0.471. The molecule has 0 aliphatic heterocycles. The van der Waals surface area contributed by atoms with Crippen molar-refractivity contribution in [3.8, 4) is 0 Å². The Morgan fingerprint density at radius 3 is 2.71 bits per heavy atom. The van der Waals surface area contributed by atoms with Crippen LogP contribution in [0.3, 0.4) is 0 Å². The number of aromatic nitrogens is 2. The van der Waals surface area contributed by atoms with E-state index >= 15 is 0 Å². The number of hydrogen-bond acceptors (Lipinski definition) is 3. The van der Waals surface area contributed by atoms with E-state index in [0.29, 0.717) is 0 Å². The molecule has 0 unspecified atom stereocenters. The number of hydrogen-bond donors (Lipinski definition) is 2. The second-order valence-corrected chi connectivity index (χ2v) is 7.13.